The maximum atomic E-state index is 13.7. The highest BCUT2D eigenvalue weighted by molar-refractivity contribution is 9.10. The first-order valence-electron chi connectivity index (χ1n) is 12.2. The molecule has 0 unspecified atom stereocenters. The quantitative estimate of drug-likeness (QED) is 0.388. The van der Waals surface area contributed by atoms with Crippen LogP contribution in [0.25, 0.3) is 11.0 Å². The van der Waals surface area contributed by atoms with Crippen LogP contribution in [0, 0.1) is 0 Å². The van der Waals surface area contributed by atoms with Crippen molar-refractivity contribution in [2.45, 2.75) is 25.8 Å². The van der Waals surface area contributed by atoms with E-state index in [-0.39, 0.29) is 17.1 Å². The molecule has 0 radical (unpaired) electrons. The largest absolute Gasteiger partial charge is 0.494 e. The molecule has 1 atom stereocenters. The second-order valence-corrected chi connectivity index (χ2v) is 9.86. The van der Waals surface area contributed by atoms with E-state index >= 15 is 0 Å². The van der Waals surface area contributed by atoms with Crippen molar-refractivity contribution in [3.8, 4) is 5.75 Å². The summed E-state index contributed by atoms with van der Waals surface area (Å²) in [6, 6.07) is 12.5. The molecule has 1 aromatic heterocycles. The number of morpholine rings is 1. The minimum atomic E-state index is -0.511. The number of fused-ring (bicyclic) bond motifs is 2. The molecule has 2 aliphatic rings. The SMILES string of the molecule is CCCCOc1ccc([C@H]2c3c(oc4ccc(Br)cc4c3=O)C(=O)N2CCN2CCOCC2)cc1. The molecule has 0 N–H and O–H groups in total. The van der Waals surface area contributed by atoms with E-state index in [9.17, 15) is 9.59 Å². The van der Waals surface area contributed by atoms with Gasteiger partial charge in [0.25, 0.3) is 5.91 Å². The van der Waals surface area contributed by atoms with E-state index in [1.54, 1.807) is 17.0 Å². The van der Waals surface area contributed by atoms with Crippen molar-refractivity contribution >= 4 is 32.8 Å². The average Bonchev–Trinajstić information content (AvgIpc) is 3.16. The first-order valence-corrected chi connectivity index (χ1v) is 13.0. The third-order valence-electron chi connectivity index (χ3n) is 6.65. The van der Waals surface area contributed by atoms with E-state index < -0.39 is 6.04 Å². The molecule has 7 nitrogen and oxygen atoms in total. The number of halogens is 1. The van der Waals surface area contributed by atoms with Gasteiger partial charge in [-0.25, -0.2) is 0 Å². The minimum Gasteiger partial charge on any atom is -0.494 e. The van der Waals surface area contributed by atoms with Gasteiger partial charge in [0.05, 0.1) is 36.8 Å². The Balaban J connectivity index is 1.52. The Labute approximate surface area is 212 Å². The molecule has 2 aromatic carbocycles. The lowest BCUT2D eigenvalue weighted by Gasteiger charge is -2.31. The van der Waals surface area contributed by atoms with E-state index in [0.29, 0.717) is 49.4 Å². The van der Waals surface area contributed by atoms with Crippen LogP contribution >= 0.6 is 15.9 Å². The zero-order valence-corrected chi connectivity index (χ0v) is 21.4. The summed E-state index contributed by atoms with van der Waals surface area (Å²) in [6.45, 7) is 7.03. The number of rotatable bonds is 8. The number of hydrogen-bond acceptors (Lipinski definition) is 6. The summed E-state index contributed by atoms with van der Waals surface area (Å²) in [5.41, 5.74) is 1.52. The van der Waals surface area contributed by atoms with Crippen LogP contribution in [-0.4, -0.2) is 61.7 Å². The Morgan fingerprint density at radius 3 is 2.57 bits per heavy atom. The lowest BCUT2D eigenvalue weighted by atomic mass is 9.98. The average molecular weight is 541 g/mol. The Bertz CT molecular complexity index is 1270. The number of carbonyl (C=O) groups excluding carboxylic acids is 1. The number of nitrogens with zero attached hydrogens (tertiary/aromatic N) is 2. The highest BCUT2D eigenvalue weighted by Crippen LogP contribution is 2.38. The summed E-state index contributed by atoms with van der Waals surface area (Å²) in [7, 11) is 0. The predicted octanol–water partition coefficient (Wildman–Crippen LogP) is 4.61. The van der Waals surface area contributed by atoms with Crippen molar-refractivity contribution in [1.29, 1.82) is 0 Å². The second kappa shape index (κ2) is 10.5. The molecular formula is C27H29BrN2O5. The van der Waals surface area contributed by atoms with Gasteiger partial charge in [0.1, 0.15) is 11.3 Å². The molecule has 3 heterocycles. The molecular weight excluding hydrogens is 512 g/mol. The number of benzene rings is 2. The number of ether oxygens (including phenoxy) is 2. The first-order chi connectivity index (χ1) is 17.1. The summed E-state index contributed by atoms with van der Waals surface area (Å²) >= 11 is 3.45. The lowest BCUT2D eigenvalue weighted by Crippen LogP contribution is -2.42. The van der Waals surface area contributed by atoms with E-state index in [4.69, 9.17) is 13.9 Å². The van der Waals surface area contributed by atoms with E-state index in [0.717, 1.165) is 41.7 Å². The van der Waals surface area contributed by atoms with Gasteiger partial charge in [-0.1, -0.05) is 41.4 Å². The van der Waals surface area contributed by atoms with Gasteiger partial charge in [-0.2, -0.15) is 0 Å². The molecule has 1 saturated heterocycles. The number of amides is 1. The smallest absolute Gasteiger partial charge is 0.290 e. The van der Waals surface area contributed by atoms with Crippen LogP contribution in [0.2, 0.25) is 0 Å². The number of carbonyl (C=O) groups is 1. The highest BCUT2D eigenvalue weighted by Gasteiger charge is 2.42. The van der Waals surface area contributed by atoms with Gasteiger partial charge in [0, 0.05) is 30.7 Å². The van der Waals surface area contributed by atoms with E-state index in [2.05, 4.69) is 27.8 Å². The second-order valence-electron chi connectivity index (χ2n) is 8.94. The molecule has 8 heteroatoms. The summed E-state index contributed by atoms with van der Waals surface area (Å²) in [5.74, 6) is 0.671. The molecule has 3 aromatic rings. The van der Waals surface area contributed by atoms with Gasteiger partial charge in [0.2, 0.25) is 5.76 Å². The fraction of sp³-hybridized carbons (Fsp3) is 0.407. The van der Waals surface area contributed by atoms with Crippen molar-refractivity contribution in [1.82, 2.24) is 9.80 Å². The zero-order chi connectivity index (χ0) is 24.4. The van der Waals surface area contributed by atoms with Crippen molar-refractivity contribution in [3.63, 3.8) is 0 Å². The molecule has 184 valence electrons. The van der Waals surface area contributed by atoms with E-state index in [1.807, 2.05) is 30.3 Å². The molecule has 35 heavy (non-hydrogen) atoms. The van der Waals surface area contributed by atoms with Crippen molar-refractivity contribution in [3.05, 3.63) is 74.0 Å². The topological polar surface area (TPSA) is 72.2 Å². The monoisotopic (exact) mass is 540 g/mol. The normalized spacial score (nSPS) is 18.3. The third-order valence-corrected chi connectivity index (χ3v) is 7.14. The molecule has 0 aliphatic carbocycles. The molecule has 0 saturated carbocycles. The van der Waals surface area contributed by atoms with Crippen molar-refractivity contribution in [2.24, 2.45) is 0 Å². The Morgan fingerprint density at radius 1 is 1.06 bits per heavy atom. The van der Waals surface area contributed by atoms with Crippen molar-refractivity contribution in [2.75, 3.05) is 46.0 Å². The van der Waals surface area contributed by atoms with Crippen LogP contribution in [-0.2, 0) is 4.74 Å². The fourth-order valence-corrected chi connectivity index (χ4v) is 5.09. The van der Waals surface area contributed by atoms with Gasteiger partial charge in [-0.3, -0.25) is 14.5 Å². The van der Waals surface area contributed by atoms with Gasteiger partial charge < -0.3 is 18.8 Å². The summed E-state index contributed by atoms with van der Waals surface area (Å²) in [6.07, 6.45) is 2.06. The highest BCUT2D eigenvalue weighted by atomic mass is 79.9. The lowest BCUT2D eigenvalue weighted by molar-refractivity contribution is 0.0314. The Hall–Kier alpha value is -2.68. The fourth-order valence-electron chi connectivity index (χ4n) is 4.72. The molecule has 0 bridgehead atoms. The Kier molecular flexibility index (Phi) is 7.22. The molecule has 0 spiro atoms. The Morgan fingerprint density at radius 2 is 1.83 bits per heavy atom. The van der Waals surface area contributed by atoms with Gasteiger partial charge >= 0.3 is 0 Å². The van der Waals surface area contributed by atoms with Gasteiger partial charge in [0.15, 0.2) is 5.43 Å². The zero-order valence-electron chi connectivity index (χ0n) is 19.8. The maximum absolute atomic E-state index is 13.7. The minimum absolute atomic E-state index is 0.139. The van der Waals surface area contributed by atoms with Crippen LogP contribution in [0.15, 0.2) is 56.1 Å². The number of hydrogen-bond donors (Lipinski definition) is 0. The maximum Gasteiger partial charge on any atom is 0.290 e. The predicted molar refractivity (Wildman–Crippen MR) is 137 cm³/mol. The van der Waals surface area contributed by atoms with Crippen LogP contribution < -0.4 is 10.2 Å². The number of unbranched alkanes of at least 4 members (excludes halogenated alkanes) is 1. The molecule has 1 fully saturated rings. The molecule has 1 amide bonds. The van der Waals surface area contributed by atoms with Crippen LogP contribution in [0.3, 0.4) is 0 Å². The van der Waals surface area contributed by atoms with Gasteiger partial charge in [-0.05, 0) is 42.3 Å². The van der Waals surface area contributed by atoms with Crippen LogP contribution in [0.1, 0.15) is 47.5 Å². The van der Waals surface area contributed by atoms with Crippen LogP contribution in [0.4, 0.5) is 0 Å². The van der Waals surface area contributed by atoms with E-state index in [1.165, 1.54) is 0 Å². The first kappa shape index (κ1) is 24.0. The summed E-state index contributed by atoms with van der Waals surface area (Å²) in [4.78, 5) is 31.3. The van der Waals surface area contributed by atoms with Crippen LogP contribution in [0.5, 0.6) is 5.75 Å². The van der Waals surface area contributed by atoms with Gasteiger partial charge in [-0.15, -0.1) is 0 Å². The summed E-state index contributed by atoms with van der Waals surface area (Å²) in [5, 5.41) is 0.463. The molecule has 5 rings (SSSR count). The third kappa shape index (κ3) is 4.87. The standard InChI is InChI=1S/C27H29BrN2O5/c1-2-3-14-34-20-7-4-18(5-8-20)24-23-25(31)21-17-19(28)6-9-22(21)35-26(23)27(32)30(24)11-10-29-12-15-33-16-13-29/h4-9,17,24H,2-3,10-16H2,1H3/t24-/m0/s1. The van der Waals surface area contributed by atoms with Crippen molar-refractivity contribution < 1.29 is 18.7 Å². The molecule has 2 aliphatic heterocycles. The summed E-state index contributed by atoms with van der Waals surface area (Å²) < 4.78 is 18.1.